The average molecular weight is 242 g/mol. The zero-order valence-corrected chi connectivity index (χ0v) is 9.65. The summed E-state index contributed by atoms with van der Waals surface area (Å²) in [5.74, 6) is 0.504. The van der Waals surface area contributed by atoms with Gasteiger partial charge in [-0.25, -0.2) is 4.98 Å². The zero-order chi connectivity index (χ0) is 12.1. The number of hydrogen-bond acceptors (Lipinski definition) is 6. The van der Waals surface area contributed by atoms with E-state index >= 15 is 0 Å². The summed E-state index contributed by atoms with van der Waals surface area (Å²) in [7, 11) is 0. The van der Waals surface area contributed by atoms with Crippen LogP contribution in [0.2, 0.25) is 0 Å². The summed E-state index contributed by atoms with van der Waals surface area (Å²) in [6.45, 7) is 1.41. The fourth-order valence-corrected chi connectivity index (χ4v) is 1.70. The number of nitrogens with zero attached hydrogens (tertiary/aromatic N) is 1. The molecule has 1 aromatic rings. The molecule has 0 saturated heterocycles. The summed E-state index contributed by atoms with van der Waals surface area (Å²) in [6, 6.07) is 3.14. The topological polar surface area (TPSA) is 96.4 Å². The summed E-state index contributed by atoms with van der Waals surface area (Å²) >= 11 is 0.972. The lowest BCUT2D eigenvalue weighted by Crippen LogP contribution is -2.21. The molecular weight excluding hydrogens is 228 g/mol. The third kappa shape index (κ3) is 3.80. The Hall–Kier alpha value is -1.11. The lowest BCUT2D eigenvalue weighted by Gasteiger charge is -2.16. The Balaban J connectivity index is 2.59. The molecule has 5 nitrogen and oxygen atoms in total. The Morgan fingerprint density at radius 1 is 1.56 bits per heavy atom. The molecule has 0 aliphatic rings. The van der Waals surface area contributed by atoms with Gasteiger partial charge < -0.3 is 15.9 Å². The number of carbonyl (C=O) groups excluding carboxylic acids is 1. The molecule has 0 aromatic carbocycles. The van der Waals surface area contributed by atoms with Crippen LogP contribution in [0.5, 0.6) is 0 Å². The van der Waals surface area contributed by atoms with Gasteiger partial charge in [0.05, 0.1) is 6.10 Å². The maximum absolute atomic E-state index is 10.7. The van der Waals surface area contributed by atoms with E-state index in [2.05, 4.69) is 4.98 Å². The number of carbonyl (C=O) groups is 1. The minimum Gasteiger partial charge on any atom is -0.389 e. The number of pyridine rings is 1. The van der Waals surface area contributed by atoms with Crippen molar-refractivity contribution in [1.29, 1.82) is 0 Å². The van der Waals surface area contributed by atoms with Crippen LogP contribution in [0, 0.1) is 0 Å². The highest BCUT2D eigenvalue weighted by Gasteiger charge is 2.19. The van der Waals surface area contributed by atoms with Crippen molar-refractivity contribution >= 4 is 22.7 Å². The molecule has 0 saturated carbocycles. The van der Waals surface area contributed by atoms with Gasteiger partial charge in [-0.15, -0.1) is 0 Å². The smallest absolute Gasteiger partial charge is 0.185 e. The van der Waals surface area contributed by atoms with Gasteiger partial charge in [0.1, 0.15) is 11.9 Å². The lowest BCUT2D eigenvalue weighted by atomic mass is 10.1. The molecule has 6 heteroatoms. The van der Waals surface area contributed by atoms with Crippen molar-refractivity contribution in [3.63, 3.8) is 0 Å². The molecule has 0 radical (unpaired) electrons. The van der Waals surface area contributed by atoms with Crippen LogP contribution < -0.4 is 5.73 Å². The monoisotopic (exact) mass is 242 g/mol. The van der Waals surface area contributed by atoms with Gasteiger partial charge in [-0.3, -0.25) is 4.79 Å². The third-order valence-electron chi connectivity index (χ3n) is 1.97. The van der Waals surface area contributed by atoms with Gasteiger partial charge in [0.25, 0.3) is 0 Å². The molecule has 16 heavy (non-hydrogen) atoms. The first-order valence-corrected chi connectivity index (χ1v) is 5.70. The van der Waals surface area contributed by atoms with Gasteiger partial charge in [-0.05, 0) is 6.07 Å². The molecule has 1 aromatic heterocycles. The van der Waals surface area contributed by atoms with Crippen LogP contribution in [-0.2, 0) is 4.79 Å². The van der Waals surface area contributed by atoms with Crippen LogP contribution in [0.1, 0.15) is 18.6 Å². The SMILES string of the molecule is CC(=O)SCC(O)C(O)c1ccc(N)nc1. The maximum Gasteiger partial charge on any atom is 0.185 e. The van der Waals surface area contributed by atoms with E-state index < -0.39 is 12.2 Å². The molecule has 0 spiro atoms. The number of nitrogens with two attached hydrogens (primary N) is 1. The highest BCUT2D eigenvalue weighted by molar-refractivity contribution is 8.13. The number of nitrogen functional groups attached to an aromatic ring is 1. The van der Waals surface area contributed by atoms with Crippen LogP contribution in [0.3, 0.4) is 0 Å². The molecule has 0 bridgehead atoms. The Morgan fingerprint density at radius 3 is 2.75 bits per heavy atom. The number of aliphatic hydroxyl groups is 2. The van der Waals surface area contributed by atoms with Gasteiger partial charge in [0.15, 0.2) is 5.12 Å². The van der Waals surface area contributed by atoms with E-state index in [1.165, 1.54) is 13.1 Å². The molecule has 2 unspecified atom stereocenters. The molecule has 0 aliphatic carbocycles. The Morgan fingerprint density at radius 2 is 2.25 bits per heavy atom. The minimum atomic E-state index is -1.06. The first-order chi connectivity index (χ1) is 7.50. The van der Waals surface area contributed by atoms with Gasteiger partial charge in [-0.1, -0.05) is 17.8 Å². The van der Waals surface area contributed by atoms with Crippen molar-refractivity contribution < 1.29 is 15.0 Å². The zero-order valence-electron chi connectivity index (χ0n) is 8.83. The number of hydrogen-bond donors (Lipinski definition) is 3. The standard InChI is InChI=1S/C10H14N2O3S/c1-6(13)16-5-8(14)10(15)7-2-3-9(11)12-4-7/h2-4,8,10,14-15H,5H2,1H3,(H2,11,12). The van der Waals surface area contributed by atoms with E-state index in [4.69, 9.17) is 5.73 Å². The average Bonchev–Trinajstić information content (AvgIpc) is 2.26. The fourth-order valence-electron chi connectivity index (χ4n) is 1.11. The predicted octanol–water partition coefficient (Wildman–Crippen LogP) is 0.338. The summed E-state index contributed by atoms with van der Waals surface area (Å²) in [5, 5.41) is 19.2. The second-order valence-corrected chi connectivity index (χ2v) is 4.53. The van der Waals surface area contributed by atoms with E-state index in [-0.39, 0.29) is 10.9 Å². The molecule has 1 rings (SSSR count). The van der Waals surface area contributed by atoms with Gasteiger partial charge in [0.2, 0.25) is 0 Å². The van der Waals surface area contributed by atoms with Crippen LogP contribution >= 0.6 is 11.8 Å². The van der Waals surface area contributed by atoms with Gasteiger partial charge in [-0.2, -0.15) is 0 Å². The normalized spacial score (nSPS) is 14.4. The maximum atomic E-state index is 10.7. The summed E-state index contributed by atoms with van der Waals surface area (Å²) in [5.41, 5.74) is 5.87. The number of anilines is 1. The minimum absolute atomic E-state index is 0.0957. The molecule has 4 N–H and O–H groups in total. The van der Waals surface area contributed by atoms with Crippen molar-refractivity contribution in [3.8, 4) is 0 Å². The van der Waals surface area contributed by atoms with Crippen molar-refractivity contribution in [2.45, 2.75) is 19.1 Å². The van der Waals surface area contributed by atoms with E-state index in [1.807, 2.05) is 0 Å². The lowest BCUT2D eigenvalue weighted by molar-refractivity contribution is -0.109. The Bertz CT molecular complexity index is 356. The highest BCUT2D eigenvalue weighted by Crippen LogP contribution is 2.19. The first-order valence-electron chi connectivity index (χ1n) is 4.71. The van der Waals surface area contributed by atoms with E-state index in [9.17, 15) is 15.0 Å². The molecule has 1 heterocycles. The van der Waals surface area contributed by atoms with Gasteiger partial charge in [0, 0.05) is 24.4 Å². The predicted molar refractivity (Wildman–Crippen MR) is 62.8 cm³/mol. The van der Waals surface area contributed by atoms with E-state index in [0.29, 0.717) is 11.4 Å². The van der Waals surface area contributed by atoms with Crippen molar-refractivity contribution in [1.82, 2.24) is 4.98 Å². The van der Waals surface area contributed by atoms with Crippen LogP contribution in [0.15, 0.2) is 18.3 Å². The summed E-state index contributed by atoms with van der Waals surface area (Å²) in [4.78, 5) is 14.5. The first kappa shape index (κ1) is 13.0. The molecule has 0 amide bonds. The number of rotatable bonds is 4. The summed E-state index contributed by atoms with van der Waals surface area (Å²) < 4.78 is 0. The third-order valence-corrected chi connectivity index (χ3v) is 2.89. The van der Waals surface area contributed by atoms with Crippen LogP contribution in [0.25, 0.3) is 0 Å². The Labute approximate surface area is 97.7 Å². The van der Waals surface area contributed by atoms with Gasteiger partial charge >= 0.3 is 0 Å². The second-order valence-electron chi connectivity index (χ2n) is 3.33. The number of aliphatic hydroxyl groups excluding tert-OH is 2. The molecular formula is C10H14N2O3S. The van der Waals surface area contributed by atoms with E-state index in [0.717, 1.165) is 11.8 Å². The largest absolute Gasteiger partial charge is 0.389 e. The molecule has 0 fully saturated rings. The summed E-state index contributed by atoms with van der Waals surface area (Å²) in [6.07, 6.45) is -0.652. The van der Waals surface area contributed by atoms with E-state index in [1.54, 1.807) is 12.1 Å². The quantitative estimate of drug-likeness (QED) is 0.704. The van der Waals surface area contributed by atoms with Crippen molar-refractivity contribution in [2.75, 3.05) is 11.5 Å². The Kier molecular flexibility index (Phi) is 4.72. The van der Waals surface area contributed by atoms with Crippen molar-refractivity contribution in [3.05, 3.63) is 23.9 Å². The fraction of sp³-hybridized carbons (Fsp3) is 0.400. The van der Waals surface area contributed by atoms with Crippen LogP contribution in [0.4, 0.5) is 5.82 Å². The number of aromatic nitrogens is 1. The molecule has 88 valence electrons. The van der Waals surface area contributed by atoms with Crippen LogP contribution in [-0.4, -0.2) is 32.2 Å². The molecule has 0 aliphatic heterocycles. The number of thioether (sulfide) groups is 1. The highest BCUT2D eigenvalue weighted by atomic mass is 32.2. The van der Waals surface area contributed by atoms with Crippen molar-refractivity contribution in [2.24, 2.45) is 0 Å². The second kappa shape index (κ2) is 5.83. The molecule has 2 atom stereocenters.